The minimum absolute atomic E-state index is 0.0965. The van der Waals surface area contributed by atoms with Gasteiger partial charge in [-0.25, -0.2) is 13.0 Å². The summed E-state index contributed by atoms with van der Waals surface area (Å²) in [5.74, 6) is -7.74. The Bertz CT molecular complexity index is 1040. The van der Waals surface area contributed by atoms with Gasteiger partial charge >= 0.3 is 64.2 Å². The van der Waals surface area contributed by atoms with E-state index < -0.39 is 75.4 Å². The highest BCUT2D eigenvalue weighted by molar-refractivity contribution is 7.87. The summed E-state index contributed by atoms with van der Waals surface area (Å²) in [5.41, 5.74) is 0. The van der Waals surface area contributed by atoms with Crippen LogP contribution in [0.2, 0.25) is 0 Å². The van der Waals surface area contributed by atoms with Crippen molar-refractivity contribution in [2.45, 2.75) is 48.3 Å². The second-order valence-electron chi connectivity index (χ2n) is 6.52. The van der Waals surface area contributed by atoms with Gasteiger partial charge in [-0.3, -0.25) is 9.64 Å². The minimum Gasteiger partial charge on any atom is -0.398 e. The van der Waals surface area contributed by atoms with Crippen molar-refractivity contribution in [3.63, 3.8) is 0 Å². The summed E-state index contributed by atoms with van der Waals surface area (Å²) in [6.07, 6.45) is -35.1. The van der Waals surface area contributed by atoms with Crippen molar-refractivity contribution in [2.24, 2.45) is 0 Å². The topological polar surface area (TPSA) is 68.3 Å². The van der Waals surface area contributed by atoms with E-state index in [0.29, 0.717) is 7.05 Å². The molecule has 1 rings (SSSR count). The van der Waals surface area contributed by atoms with E-state index in [2.05, 4.69) is 4.18 Å². The van der Waals surface area contributed by atoms with E-state index in [9.17, 15) is 83.1 Å². The lowest BCUT2D eigenvalue weighted by molar-refractivity contribution is -0.510. The van der Waals surface area contributed by atoms with Gasteiger partial charge in [-0.2, -0.15) is 74.3 Å². The Labute approximate surface area is 197 Å². The molecule has 1 aliphatic heterocycles. The zero-order valence-corrected chi connectivity index (χ0v) is 17.9. The lowest BCUT2D eigenvalue weighted by Gasteiger charge is -2.38. The monoisotopic (exact) mass is 626 g/mol. The van der Waals surface area contributed by atoms with Gasteiger partial charge in [0.1, 0.15) is 0 Å². The molecule has 0 N–H and O–H groups in total. The molecular weight excluding hydrogens is 619 g/mol. The Morgan fingerprint density at radius 2 is 1.32 bits per heavy atom. The van der Waals surface area contributed by atoms with E-state index in [-0.39, 0.29) is 17.3 Å². The van der Waals surface area contributed by atoms with Crippen LogP contribution < -0.4 is 0 Å². The summed E-state index contributed by atoms with van der Waals surface area (Å²) in [5, 5.41) is -7.49. The number of alkyl halides is 14. The van der Waals surface area contributed by atoms with Crippen LogP contribution in [0.1, 0.15) is 0 Å². The van der Waals surface area contributed by atoms with Gasteiger partial charge in [0, 0.05) is 19.4 Å². The maximum absolute atomic E-state index is 14.0. The molecule has 0 amide bonds. The molecule has 0 aliphatic carbocycles. The summed E-state index contributed by atoms with van der Waals surface area (Å²) in [6, 6.07) is -9.56. The molecule has 0 aromatic carbocycles. The zero-order chi connectivity index (χ0) is 30.5. The van der Waals surface area contributed by atoms with Crippen LogP contribution in [-0.4, -0.2) is 73.6 Å². The number of ether oxygens (including phenoxy) is 2. The van der Waals surface area contributed by atoms with Crippen LogP contribution >= 0.6 is 0 Å². The highest BCUT2D eigenvalue weighted by Crippen LogP contribution is 2.54. The van der Waals surface area contributed by atoms with E-state index in [1.54, 1.807) is 4.74 Å². The first-order valence-electron chi connectivity index (χ1n) is 8.35. The van der Waals surface area contributed by atoms with Gasteiger partial charge in [0.25, 0.3) is 0 Å². The standard InChI is InChI=1S/C13H7F17N2O5S/c1-31-2-3-32(8(19,20)6(17)18)7(31)36-38(33,34)13(29,30)12(27,28)37-9(21,10(22,23)24)11(25,26)35-5(16)4(14)15/h2-3,6-7H,1H3. The first kappa shape index (κ1) is 33.6. The number of hydrogen-bond acceptors (Lipinski definition) is 7. The van der Waals surface area contributed by atoms with Crippen LogP contribution in [0.15, 0.2) is 24.5 Å². The number of nitrogens with zero attached hydrogens (tertiary/aromatic N) is 2. The average molecular weight is 626 g/mol. The fraction of sp³-hybridized carbons (Fsp3) is 0.692. The number of hydrogen-bond donors (Lipinski definition) is 0. The van der Waals surface area contributed by atoms with E-state index in [1.807, 2.05) is 4.74 Å². The number of rotatable bonds is 11. The summed E-state index contributed by atoms with van der Waals surface area (Å²) >= 11 is 0. The van der Waals surface area contributed by atoms with Crippen LogP contribution in [0.25, 0.3) is 0 Å². The zero-order valence-electron chi connectivity index (χ0n) is 17.1. The Hall–Kier alpha value is -2.44. The van der Waals surface area contributed by atoms with Gasteiger partial charge in [0.15, 0.2) is 0 Å². The second kappa shape index (κ2) is 9.95. The van der Waals surface area contributed by atoms with Gasteiger partial charge in [-0.15, -0.1) is 0 Å². The molecule has 0 fully saturated rings. The van der Waals surface area contributed by atoms with Gasteiger partial charge in [0.05, 0.1) is 0 Å². The van der Waals surface area contributed by atoms with E-state index in [4.69, 9.17) is 0 Å². The van der Waals surface area contributed by atoms with Crippen LogP contribution in [0, 0.1) is 0 Å². The van der Waals surface area contributed by atoms with Crippen LogP contribution in [0.3, 0.4) is 0 Å². The van der Waals surface area contributed by atoms with Gasteiger partial charge in [0.2, 0.25) is 6.35 Å². The van der Waals surface area contributed by atoms with Crippen molar-refractivity contribution < 1.29 is 96.7 Å². The maximum Gasteiger partial charge on any atom is 0.471 e. The van der Waals surface area contributed by atoms with Gasteiger partial charge < -0.3 is 9.64 Å². The molecule has 0 spiro atoms. The summed E-state index contributed by atoms with van der Waals surface area (Å²) in [7, 11) is -7.38. The van der Waals surface area contributed by atoms with Gasteiger partial charge in [-0.1, -0.05) is 0 Å². The third-order valence-corrected chi connectivity index (χ3v) is 5.19. The molecule has 0 aromatic heterocycles. The molecule has 25 heteroatoms. The molecule has 2 atom stereocenters. The van der Waals surface area contributed by atoms with E-state index in [1.165, 1.54) is 0 Å². The van der Waals surface area contributed by atoms with Crippen LogP contribution in [0.4, 0.5) is 74.6 Å². The molecule has 2 unspecified atom stereocenters. The van der Waals surface area contributed by atoms with Crippen molar-refractivity contribution in [2.75, 3.05) is 7.05 Å². The molecule has 0 aromatic rings. The van der Waals surface area contributed by atoms with Crippen molar-refractivity contribution in [3.05, 3.63) is 24.5 Å². The minimum atomic E-state index is -7.79. The Morgan fingerprint density at radius 1 is 0.842 bits per heavy atom. The highest BCUT2D eigenvalue weighted by atomic mass is 32.2. The fourth-order valence-corrected chi connectivity index (χ4v) is 2.96. The lowest BCUT2D eigenvalue weighted by atomic mass is 10.2. The maximum atomic E-state index is 14.0. The molecule has 1 heterocycles. The molecule has 7 nitrogen and oxygen atoms in total. The third-order valence-electron chi connectivity index (χ3n) is 3.90. The van der Waals surface area contributed by atoms with Crippen LogP contribution in [-0.2, 0) is 23.8 Å². The summed E-state index contributed by atoms with van der Waals surface area (Å²) in [6.45, 7) is 0. The molecule has 224 valence electrons. The molecule has 0 saturated heterocycles. The smallest absolute Gasteiger partial charge is 0.398 e. The predicted octanol–water partition coefficient (Wildman–Crippen LogP) is 5.27. The Kier molecular flexibility index (Phi) is 8.79. The second-order valence-corrected chi connectivity index (χ2v) is 8.13. The first-order chi connectivity index (χ1) is 16.6. The molecule has 0 saturated carbocycles. The van der Waals surface area contributed by atoms with E-state index in [0.717, 1.165) is 0 Å². The predicted molar refractivity (Wildman–Crippen MR) is 80.7 cm³/mol. The first-order valence-corrected chi connectivity index (χ1v) is 9.76. The Balaban J connectivity index is 3.51. The molecule has 0 radical (unpaired) electrons. The molecular formula is C13H7F17N2O5S. The summed E-state index contributed by atoms with van der Waals surface area (Å²) < 4.78 is 253. The third kappa shape index (κ3) is 5.76. The highest BCUT2D eigenvalue weighted by Gasteiger charge is 2.83. The molecule has 0 bridgehead atoms. The van der Waals surface area contributed by atoms with Gasteiger partial charge in [-0.05, 0) is 0 Å². The van der Waals surface area contributed by atoms with Crippen LogP contribution in [0.5, 0.6) is 0 Å². The SMILES string of the molecule is CN1C=CN(C(F)(F)C(F)F)C1OS(=O)(=O)C(F)(F)C(F)(F)OC(F)(C(F)(F)F)C(F)(F)OC(F)=C(F)F. The van der Waals surface area contributed by atoms with Crippen molar-refractivity contribution >= 4 is 10.1 Å². The summed E-state index contributed by atoms with van der Waals surface area (Å²) in [4.78, 5) is -1.28. The number of halogens is 17. The molecule has 1 aliphatic rings. The van der Waals surface area contributed by atoms with Crippen molar-refractivity contribution in [3.8, 4) is 0 Å². The normalized spacial score (nSPS) is 19.7. The molecule has 38 heavy (non-hydrogen) atoms. The fourth-order valence-electron chi connectivity index (χ4n) is 2.05. The lowest BCUT2D eigenvalue weighted by Crippen LogP contribution is -2.64. The van der Waals surface area contributed by atoms with Crippen molar-refractivity contribution in [1.29, 1.82) is 0 Å². The Morgan fingerprint density at radius 3 is 1.71 bits per heavy atom. The van der Waals surface area contributed by atoms with E-state index >= 15 is 0 Å². The van der Waals surface area contributed by atoms with Crippen molar-refractivity contribution in [1.82, 2.24) is 9.80 Å². The average Bonchev–Trinajstić information content (AvgIpc) is 3.06. The quantitative estimate of drug-likeness (QED) is 0.134. The largest absolute Gasteiger partial charge is 0.471 e.